The minimum absolute atomic E-state index is 0.0372. The second kappa shape index (κ2) is 6.93. The molecule has 3 N–H and O–H groups in total. The highest BCUT2D eigenvalue weighted by molar-refractivity contribution is 9.10. The van der Waals surface area contributed by atoms with E-state index in [4.69, 9.17) is 19.9 Å². The molecule has 0 radical (unpaired) electrons. The summed E-state index contributed by atoms with van der Waals surface area (Å²) in [6, 6.07) is 4.08. The maximum atomic E-state index is 5.94. The van der Waals surface area contributed by atoms with Gasteiger partial charge in [0.2, 0.25) is 0 Å². The van der Waals surface area contributed by atoms with Gasteiger partial charge in [-0.15, -0.1) is 0 Å². The fourth-order valence-corrected chi connectivity index (χ4v) is 3.08. The number of morpholine rings is 1. The molecule has 2 aliphatic heterocycles. The first-order valence-corrected chi connectivity index (χ1v) is 7.95. The Morgan fingerprint density at radius 1 is 1.19 bits per heavy atom. The number of benzene rings is 1. The number of rotatable bonds is 4. The molecule has 21 heavy (non-hydrogen) atoms. The SMILES string of the molecule is NCC(NN1CCOCC1)c1cc(Br)c2c(c1)OCCO2. The van der Waals surface area contributed by atoms with Crippen LogP contribution in [-0.4, -0.2) is 51.1 Å². The molecule has 0 aromatic heterocycles. The normalized spacial score (nSPS) is 20.3. The summed E-state index contributed by atoms with van der Waals surface area (Å²) in [4.78, 5) is 0. The Bertz CT molecular complexity index is 495. The standard InChI is InChI=1S/C14H20BrN3O3/c15-11-7-10(8-13-14(11)21-6-5-20-13)12(9-16)17-18-1-3-19-4-2-18/h7-8,12,17H,1-6,9,16H2. The van der Waals surface area contributed by atoms with Crippen LogP contribution in [0.15, 0.2) is 16.6 Å². The Kier molecular flexibility index (Phi) is 4.97. The summed E-state index contributed by atoms with van der Waals surface area (Å²) in [6.45, 7) is 4.88. The lowest BCUT2D eigenvalue weighted by Gasteiger charge is -2.32. The summed E-state index contributed by atoms with van der Waals surface area (Å²) in [7, 11) is 0. The third kappa shape index (κ3) is 3.49. The lowest BCUT2D eigenvalue weighted by Crippen LogP contribution is -2.48. The van der Waals surface area contributed by atoms with Gasteiger partial charge in [-0.05, 0) is 33.6 Å². The number of nitrogens with two attached hydrogens (primary N) is 1. The predicted octanol–water partition coefficient (Wildman–Crippen LogP) is 1.06. The highest BCUT2D eigenvalue weighted by atomic mass is 79.9. The smallest absolute Gasteiger partial charge is 0.175 e. The van der Waals surface area contributed by atoms with E-state index in [9.17, 15) is 0 Å². The first-order chi connectivity index (χ1) is 10.3. The van der Waals surface area contributed by atoms with Crippen molar-refractivity contribution in [2.24, 2.45) is 5.73 Å². The molecule has 1 aromatic rings. The second-order valence-electron chi connectivity index (χ2n) is 5.04. The number of nitrogens with one attached hydrogen (secondary N) is 1. The molecule has 3 rings (SSSR count). The van der Waals surface area contributed by atoms with Crippen molar-refractivity contribution in [2.75, 3.05) is 46.1 Å². The number of halogens is 1. The lowest BCUT2D eigenvalue weighted by atomic mass is 10.1. The van der Waals surface area contributed by atoms with Gasteiger partial charge >= 0.3 is 0 Å². The topological polar surface area (TPSA) is 69.0 Å². The summed E-state index contributed by atoms with van der Waals surface area (Å²) in [6.07, 6.45) is 0. The molecule has 2 heterocycles. The summed E-state index contributed by atoms with van der Waals surface area (Å²) in [5, 5.41) is 2.16. The first-order valence-electron chi connectivity index (χ1n) is 7.16. The third-order valence-corrected chi connectivity index (χ3v) is 4.20. The molecule has 0 amide bonds. The summed E-state index contributed by atoms with van der Waals surface area (Å²) in [5.74, 6) is 1.54. The zero-order chi connectivity index (χ0) is 14.7. The highest BCUT2D eigenvalue weighted by Crippen LogP contribution is 2.39. The van der Waals surface area contributed by atoms with Crippen LogP contribution in [0.3, 0.4) is 0 Å². The van der Waals surface area contributed by atoms with E-state index >= 15 is 0 Å². The van der Waals surface area contributed by atoms with Crippen LogP contribution in [0.4, 0.5) is 0 Å². The monoisotopic (exact) mass is 357 g/mol. The van der Waals surface area contributed by atoms with Gasteiger partial charge in [0.1, 0.15) is 13.2 Å². The lowest BCUT2D eigenvalue weighted by molar-refractivity contribution is 0.00401. The van der Waals surface area contributed by atoms with Crippen LogP contribution in [0.25, 0.3) is 0 Å². The van der Waals surface area contributed by atoms with Gasteiger partial charge in [0.05, 0.1) is 23.7 Å². The van der Waals surface area contributed by atoms with Crippen LogP contribution in [0.1, 0.15) is 11.6 Å². The molecule has 6 nitrogen and oxygen atoms in total. The largest absolute Gasteiger partial charge is 0.486 e. The Balaban J connectivity index is 1.78. The van der Waals surface area contributed by atoms with Crippen molar-refractivity contribution < 1.29 is 14.2 Å². The molecule has 1 unspecified atom stereocenters. The van der Waals surface area contributed by atoms with Gasteiger partial charge in [-0.3, -0.25) is 0 Å². The predicted molar refractivity (Wildman–Crippen MR) is 82.5 cm³/mol. The van der Waals surface area contributed by atoms with Crippen molar-refractivity contribution >= 4 is 15.9 Å². The van der Waals surface area contributed by atoms with Crippen molar-refractivity contribution in [1.29, 1.82) is 0 Å². The molecule has 0 bridgehead atoms. The van der Waals surface area contributed by atoms with E-state index in [2.05, 4.69) is 26.4 Å². The van der Waals surface area contributed by atoms with Crippen LogP contribution in [-0.2, 0) is 4.74 Å². The zero-order valence-electron chi connectivity index (χ0n) is 11.8. The summed E-state index contributed by atoms with van der Waals surface area (Å²) < 4.78 is 17.6. The molecule has 0 spiro atoms. The first kappa shape index (κ1) is 15.1. The van der Waals surface area contributed by atoms with E-state index in [1.807, 2.05) is 12.1 Å². The van der Waals surface area contributed by atoms with Gasteiger partial charge in [0.25, 0.3) is 0 Å². The maximum Gasteiger partial charge on any atom is 0.175 e. The van der Waals surface area contributed by atoms with Crippen molar-refractivity contribution in [2.45, 2.75) is 6.04 Å². The Morgan fingerprint density at radius 3 is 2.71 bits per heavy atom. The van der Waals surface area contributed by atoms with Crippen molar-refractivity contribution in [3.63, 3.8) is 0 Å². The molecule has 0 saturated carbocycles. The molecule has 1 fully saturated rings. The quantitative estimate of drug-likeness (QED) is 0.839. The molecular weight excluding hydrogens is 338 g/mol. The Hall–Kier alpha value is -0.860. The van der Waals surface area contributed by atoms with Crippen molar-refractivity contribution in [3.8, 4) is 11.5 Å². The van der Waals surface area contributed by atoms with E-state index in [0.29, 0.717) is 19.8 Å². The van der Waals surface area contributed by atoms with E-state index < -0.39 is 0 Å². The highest BCUT2D eigenvalue weighted by Gasteiger charge is 2.21. The van der Waals surface area contributed by atoms with Crippen LogP contribution < -0.4 is 20.6 Å². The van der Waals surface area contributed by atoms with Gasteiger partial charge in [-0.25, -0.2) is 10.4 Å². The van der Waals surface area contributed by atoms with Crippen LogP contribution >= 0.6 is 15.9 Å². The Labute approximate surface area is 132 Å². The molecule has 116 valence electrons. The number of ether oxygens (including phenoxy) is 3. The average Bonchev–Trinajstić information content (AvgIpc) is 2.53. The third-order valence-electron chi connectivity index (χ3n) is 3.61. The van der Waals surface area contributed by atoms with E-state index in [-0.39, 0.29) is 6.04 Å². The van der Waals surface area contributed by atoms with Crippen LogP contribution in [0.5, 0.6) is 11.5 Å². The van der Waals surface area contributed by atoms with Crippen LogP contribution in [0.2, 0.25) is 0 Å². The maximum absolute atomic E-state index is 5.94. The minimum atomic E-state index is 0.0372. The minimum Gasteiger partial charge on any atom is -0.486 e. The van der Waals surface area contributed by atoms with Gasteiger partial charge in [-0.2, -0.15) is 0 Å². The van der Waals surface area contributed by atoms with E-state index in [0.717, 1.165) is 47.8 Å². The van der Waals surface area contributed by atoms with Gasteiger partial charge in [-0.1, -0.05) is 0 Å². The fraction of sp³-hybridized carbons (Fsp3) is 0.571. The zero-order valence-corrected chi connectivity index (χ0v) is 13.4. The van der Waals surface area contributed by atoms with E-state index in [1.54, 1.807) is 0 Å². The van der Waals surface area contributed by atoms with Gasteiger partial charge in [0.15, 0.2) is 11.5 Å². The molecule has 1 saturated heterocycles. The van der Waals surface area contributed by atoms with E-state index in [1.165, 1.54) is 0 Å². The molecule has 0 aliphatic carbocycles. The number of hydrogen-bond acceptors (Lipinski definition) is 6. The number of hydrazine groups is 1. The molecular formula is C14H20BrN3O3. The van der Waals surface area contributed by atoms with Gasteiger partial charge < -0.3 is 19.9 Å². The molecule has 1 aromatic carbocycles. The van der Waals surface area contributed by atoms with Crippen molar-refractivity contribution in [3.05, 3.63) is 22.2 Å². The number of fused-ring (bicyclic) bond motifs is 1. The average molecular weight is 358 g/mol. The second-order valence-corrected chi connectivity index (χ2v) is 5.90. The summed E-state index contributed by atoms with van der Waals surface area (Å²) >= 11 is 3.55. The molecule has 2 aliphatic rings. The number of hydrogen-bond donors (Lipinski definition) is 2. The molecule has 7 heteroatoms. The van der Waals surface area contributed by atoms with Crippen LogP contribution in [0, 0.1) is 0 Å². The van der Waals surface area contributed by atoms with Crippen molar-refractivity contribution in [1.82, 2.24) is 10.4 Å². The fourth-order valence-electron chi connectivity index (χ4n) is 2.51. The Morgan fingerprint density at radius 2 is 1.95 bits per heavy atom. The molecule has 1 atom stereocenters. The number of nitrogens with zero attached hydrogens (tertiary/aromatic N) is 1. The summed E-state index contributed by atoms with van der Waals surface area (Å²) in [5.41, 5.74) is 10.5. The van der Waals surface area contributed by atoms with Gasteiger partial charge in [0, 0.05) is 19.6 Å².